The van der Waals surface area contributed by atoms with Gasteiger partial charge in [0, 0.05) is 25.9 Å². The lowest BCUT2D eigenvalue weighted by Gasteiger charge is -2.33. The van der Waals surface area contributed by atoms with Crippen molar-refractivity contribution in [1.29, 1.82) is 0 Å². The standard InChI is InChI=1S/C13H24N2O4/c1-9(14)11(16)18-10-5-7-15(8-6-10)12(17)19-13(2,3)4/h9-10H,5-8,14H2,1-4H3/t9-/m0/s1. The molecule has 0 aliphatic carbocycles. The number of piperidine rings is 1. The Balaban J connectivity index is 2.37. The Kier molecular flexibility index (Phi) is 5.17. The molecule has 1 saturated heterocycles. The van der Waals surface area contributed by atoms with E-state index in [0.29, 0.717) is 25.9 Å². The normalized spacial score (nSPS) is 18.9. The first-order valence-electron chi connectivity index (χ1n) is 6.63. The maximum atomic E-state index is 11.8. The number of hydrogen-bond acceptors (Lipinski definition) is 5. The number of esters is 1. The minimum absolute atomic E-state index is 0.155. The van der Waals surface area contributed by atoms with Gasteiger partial charge in [0.15, 0.2) is 0 Å². The van der Waals surface area contributed by atoms with Crippen LogP contribution < -0.4 is 5.73 Å². The molecule has 0 radical (unpaired) electrons. The number of nitrogens with zero attached hydrogens (tertiary/aromatic N) is 1. The zero-order valence-electron chi connectivity index (χ0n) is 12.1. The van der Waals surface area contributed by atoms with Crippen molar-refractivity contribution in [2.24, 2.45) is 5.73 Å². The predicted molar refractivity (Wildman–Crippen MR) is 70.6 cm³/mol. The molecule has 6 heteroatoms. The van der Waals surface area contributed by atoms with Gasteiger partial charge in [0.05, 0.1) is 0 Å². The van der Waals surface area contributed by atoms with Gasteiger partial charge >= 0.3 is 12.1 Å². The van der Waals surface area contributed by atoms with E-state index in [2.05, 4.69) is 0 Å². The molecule has 1 aliphatic heterocycles. The van der Waals surface area contributed by atoms with Gasteiger partial charge in [-0.3, -0.25) is 4.79 Å². The first kappa shape index (κ1) is 15.8. The Hall–Kier alpha value is -1.30. The van der Waals surface area contributed by atoms with Crippen molar-refractivity contribution in [2.75, 3.05) is 13.1 Å². The van der Waals surface area contributed by atoms with E-state index in [-0.39, 0.29) is 12.2 Å². The molecule has 0 aromatic rings. The molecule has 1 atom stereocenters. The van der Waals surface area contributed by atoms with Crippen LogP contribution in [0.5, 0.6) is 0 Å². The van der Waals surface area contributed by atoms with Crippen molar-refractivity contribution in [2.45, 2.75) is 58.3 Å². The summed E-state index contributed by atoms with van der Waals surface area (Å²) in [4.78, 5) is 24.8. The first-order valence-corrected chi connectivity index (χ1v) is 6.63. The quantitative estimate of drug-likeness (QED) is 0.766. The number of ether oxygens (including phenoxy) is 2. The van der Waals surface area contributed by atoms with Crippen LogP contribution in [-0.2, 0) is 14.3 Å². The third kappa shape index (κ3) is 5.46. The van der Waals surface area contributed by atoms with Crippen molar-refractivity contribution in [3.63, 3.8) is 0 Å². The van der Waals surface area contributed by atoms with Crippen LogP contribution in [0, 0.1) is 0 Å². The van der Waals surface area contributed by atoms with Crippen molar-refractivity contribution in [3.05, 3.63) is 0 Å². The fourth-order valence-corrected chi connectivity index (χ4v) is 1.75. The molecule has 19 heavy (non-hydrogen) atoms. The zero-order chi connectivity index (χ0) is 14.6. The molecule has 0 unspecified atom stereocenters. The van der Waals surface area contributed by atoms with E-state index in [1.807, 2.05) is 20.8 Å². The van der Waals surface area contributed by atoms with Gasteiger partial charge in [-0.05, 0) is 27.7 Å². The molecular weight excluding hydrogens is 248 g/mol. The largest absolute Gasteiger partial charge is 0.461 e. The van der Waals surface area contributed by atoms with Crippen LogP contribution in [0.25, 0.3) is 0 Å². The topological polar surface area (TPSA) is 81.9 Å². The van der Waals surface area contributed by atoms with Gasteiger partial charge in [-0.1, -0.05) is 0 Å². The summed E-state index contributed by atoms with van der Waals surface area (Å²) in [5, 5.41) is 0. The summed E-state index contributed by atoms with van der Waals surface area (Å²) in [5.41, 5.74) is 4.95. The van der Waals surface area contributed by atoms with Crippen LogP contribution in [0.2, 0.25) is 0 Å². The van der Waals surface area contributed by atoms with Crippen molar-refractivity contribution >= 4 is 12.1 Å². The van der Waals surface area contributed by atoms with Crippen LogP contribution in [0.15, 0.2) is 0 Å². The molecule has 1 fully saturated rings. The predicted octanol–water partition coefficient (Wildman–Crippen LogP) is 1.28. The summed E-state index contributed by atoms with van der Waals surface area (Å²) < 4.78 is 10.5. The van der Waals surface area contributed by atoms with Crippen LogP contribution in [-0.4, -0.2) is 47.8 Å². The lowest BCUT2D eigenvalue weighted by atomic mass is 10.1. The number of likely N-dealkylation sites (tertiary alicyclic amines) is 1. The maximum Gasteiger partial charge on any atom is 0.410 e. The number of rotatable bonds is 2. The second kappa shape index (κ2) is 6.23. The smallest absolute Gasteiger partial charge is 0.410 e. The first-order chi connectivity index (χ1) is 8.69. The number of carbonyl (C=O) groups excluding carboxylic acids is 2. The van der Waals surface area contributed by atoms with E-state index in [4.69, 9.17) is 15.2 Å². The van der Waals surface area contributed by atoms with Gasteiger partial charge < -0.3 is 20.1 Å². The third-order valence-electron chi connectivity index (χ3n) is 2.75. The highest BCUT2D eigenvalue weighted by atomic mass is 16.6. The molecule has 0 spiro atoms. The van der Waals surface area contributed by atoms with Gasteiger partial charge in [0.2, 0.25) is 0 Å². The molecule has 0 aromatic carbocycles. The summed E-state index contributed by atoms with van der Waals surface area (Å²) in [6.07, 6.45) is 0.775. The van der Waals surface area contributed by atoms with E-state index in [1.54, 1.807) is 11.8 Å². The lowest BCUT2D eigenvalue weighted by Crippen LogP contribution is -2.44. The second-order valence-electron chi connectivity index (χ2n) is 5.89. The fourth-order valence-electron chi connectivity index (χ4n) is 1.75. The Bertz CT molecular complexity index is 328. The highest BCUT2D eigenvalue weighted by Crippen LogP contribution is 2.17. The van der Waals surface area contributed by atoms with Crippen molar-refractivity contribution < 1.29 is 19.1 Å². The SMILES string of the molecule is C[C@H](N)C(=O)OC1CCN(C(=O)OC(C)(C)C)CC1. The Morgan fingerprint density at radius 2 is 1.79 bits per heavy atom. The minimum atomic E-state index is -0.608. The fraction of sp³-hybridized carbons (Fsp3) is 0.846. The van der Waals surface area contributed by atoms with E-state index in [1.165, 1.54) is 0 Å². The van der Waals surface area contributed by atoms with E-state index < -0.39 is 17.6 Å². The number of nitrogens with two attached hydrogens (primary N) is 1. The molecule has 2 N–H and O–H groups in total. The Morgan fingerprint density at radius 1 is 1.26 bits per heavy atom. The summed E-state index contributed by atoms with van der Waals surface area (Å²) in [5.74, 6) is -0.393. The van der Waals surface area contributed by atoms with E-state index in [0.717, 1.165) is 0 Å². The summed E-state index contributed by atoms with van der Waals surface area (Å²) >= 11 is 0. The lowest BCUT2D eigenvalue weighted by molar-refractivity contribution is -0.152. The highest BCUT2D eigenvalue weighted by Gasteiger charge is 2.28. The third-order valence-corrected chi connectivity index (χ3v) is 2.75. The Morgan fingerprint density at radius 3 is 2.21 bits per heavy atom. The van der Waals surface area contributed by atoms with E-state index in [9.17, 15) is 9.59 Å². The monoisotopic (exact) mass is 272 g/mol. The molecule has 1 aliphatic rings. The molecule has 1 heterocycles. The van der Waals surface area contributed by atoms with Crippen LogP contribution >= 0.6 is 0 Å². The minimum Gasteiger partial charge on any atom is -0.461 e. The second-order valence-corrected chi connectivity index (χ2v) is 5.89. The molecule has 0 bridgehead atoms. The van der Waals surface area contributed by atoms with Gasteiger partial charge in [-0.25, -0.2) is 4.79 Å². The highest BCUT2D eigenvalue weighted by molar-refractivity contribution is 5.75. The summed E-state index contributed by atoms with van der Waals surface area (Å²) in [6.45, 7) is 8.17. The van der Waals surface area contributed by atoms with Gasteiger partial charge in [0.1, 0.15) is 17.7 Å². The van der Waals surface area contributed by atoms with Crippen molar-refractivity contribution in [3.8, 4) is 0 Å². The molecule has 0 saturated carbocycles. The number of carbonyl (C=O) groups is 2. The van der Waals surface area contributed by atoms with Crippen LogP contribution in [0.3, 0.4) is 0 Å². The average molecular weight is 272 g/mol. The number of amides is 1. The zero-order valence-corrected chi connectivity index (χ0v) is 12.1. The maximum absolute atomic E-state index is 11.8. The van der Waals surface area contributed by atoms with Gasteiger partial charge in [-0.2, -0.15) is 0 Å². The molecular formula is C13H24N2O4. The molecule has 110 valence electrons. The molecule has 1 rings (SSSR count). The average Bonchev–Trinajstić information content (AvgIpc) is 2.27. The van der Waals surface area contributed by atoms with Crippen LogP contribution in [0.4, 0.5) is 4.79 Å². The molecule has 0 aromatic heterocycles. The van der Waals surface area contributed by atoms with Crippen LogP contribution in [0.1, 0.15) is 40.5 Å². The Labute approximate surface area is 114 Å². The summed E-state index contributed by atoms with van der Waals surface area (Å²) in [6, 6.07) is -0.608. The van der Waals surface area contributed by atoms with E-state index >= 15 is 0 Å². The van der Waals surface area contributed by atoms with Gasteiger partial charge in [-0.15, -0.1) is 0 Å². The van der Waals surface area contributed by atoms with Crippen molar-refractivity contribution in [1.82, 2.24) is 4.90 Å². The van der Waals surface area contributed by atoms with Gasteiger partial charge in [0.25, 0.3) is 0 Å². The molecule has 1 amide bonds. The molecule has 6 nitrogen and oxygen atoms in total. The summed E-state index contributed by atoms with van der Waals surface area (Å²) in [7, 11) is 0. The number of hydrogen-bond donors (Lipinski definition) is 1.